The lowest BCUT2D eigenvalue weighted by Gasteiger charge is -2.35. The Morgan fingerprint density at radius 1 is 1.09 bits per heavy atom. The van der Waals surface area contributed by atoms with Gasteiger partial charge in [0.05, 0.1) is 10.3 Å². The molecule has 0 atom stereocenters. The Labute approximate surface area is 197 Å². The number of benzene rings is 1. The molecule has 4 rings (SSSR count). The van der Waals surface area contributed by atoms with Crippen LogP contribution < -0.4 is 0 Å². The van der Waals surface area contributed by atoms with Gasteiger partial charge in [0.15, 0.2) is 0 Å². The molecule has 10 heteroatoms. The van der Waals surface area contributed by atoms with Gasteiger partial charge in [-0.25, -0.2) is 14.6 Å². The van der Waals surface area contributed by atoms with Gasteiger partial charge in [-0.05, 0) is 30.3 Å². The topological polar surface area (TPSA) is 111 Å². The fourth-order valence-corrected chi connectivity index (χ4v) is 5.49. The SMILES string of the molecule is O=C(O)C=CC(=O)O.OC1CN(Cc2cc(-c3cccnc3F)c(Sc3ccccc3)s2)C1. The Balaban J connectivity index is 0.000000331. The van der Waals surface area contributed by atoms with Gasteiger partial charge in [0.1, 0.15) is 0 Å². The van der Waals surface area contributed by atoms with Crippen LogP contribution in [0.4, 0.5) is 4.39 Å². The Bertz CT molecular complexity index is 1110. The van der Waals surface area contributed by atoms with Crippen molar-refractivity contribution in [2.75, 3.05) is 13.1 Å². The molecule has 1 aliphatic heterocycles. The summed E-state index contributed by atoms with van der Waals surface area (Å²) in [7, 11) is 0. The van der Waals surface area contributed by atoms with E-state index < -0.39 is 17.9 Å². The molecule has 1 fully saturated rings. The summed E-state index contributed by atoms with van der Waals surface area (Å²) < 4.78 is 15.3. The summed E-state index contributed by atoms with van der Waals surface area (Å²) in [6, 6.07) is 15.7. The number of aliphatic hydroxyl groups is 1. The minimum Gasteiger partial charge on any atom is -0.478 e. The van der Waals surface area contributed by atoms with Crippen molar-refractivity contribution in [3.05, 3.63) is 77.7 Å². The number of carboxylic acids is 2. The number of likely N-dealkylation sites (tertiary alicyclic amines) is 1. The summed E-state index contributed by atoms with van der Waals surface area (Å²) in [5, 5.41) is 25.1. The molecule has 1 saturated heterocycles. The summed E-state index contributed by atoms with van der Waals surface area (Å²) in [5.41, 5.74) is 1.42. The van der Waals surface area contributed by atoms with Crippen LogP contribution in [0.3, 0.4) is 0 Å². The number of rotatable bonds is 7. The number of halogens is 1. The quantitative estimate of drug-likeness (QED) is 0.338. The monoisotopic (exact) mass is 488 g/mol. The number of thiophene rings is 1. The summed E-state index contributed by atoms with van der Waals surface area (Å²) in [5.74, 6) is -2.96. The van der Waals surface area contributed by atoms with Crippen molar-refractivity contribution >= 4 is 35.0 Å². The molecule has 2 aromatic heterocycles. The first-order chi connectivity index (χ1) is 15.8. The second-order valence-electron chi connectivity index (χ2n) is 7.03. The average Bonchev–Trinajstić information content (AvgIpc) is 3.14. The van der Waals surface area contributed by atoms with Gasteiger partial charge < -0.3 is 15.3 Å². The highest BCUT2D eigenvalue weighted by Gasteiger charge is 2.25. The van der Waals surface area contributed by atoms with Crippen LogP contribution in [-0.2, 0) is 16.1 Å². The molecular formula is C23H21FN2O5S2. The van der Waals surface area contributed by atoms with Gasteiger partial charge in [0.25, 0.3) is 0 Å². The first kappa shape index (κ1) is 24.6. The molecule has 3 N–H and O–H groups in total. The van der Waals surface area contributed by atoms with Gasteiger partial charge in [0.2, 0.25) is 5.95 Å². The average molecular weight is 489 g/mol. The van der Waals surface area contributed by atoms with Crippen molar-refractivity contribution in [1.29, 1.82) is 0 Å². The third kappa shape index (κ3) is 7.50. The van der Waals surface area contributed by atoms with Crippen molar-refractivity contribution < 1.29 is 29.3 Å². The summed E-state index contributed by atoms with van der Waals surface area (Å²) in [4.78, 5) is 27.4. The van der Waals surface area contributed by atoms with E-state index in [0.29, 0.717) is 30.8 Å². The lowest BCUT2D eigenvalue weighted by molar-refractivity contribution is -0.134. The molecule has 0 aliphatic carbocycles. The molecular weight excluding hydrogens is 467 g/mol. The number of pyridine rings is 1. The predicted octanol–water partition coefficient (Wildman–Crippen LogP) is 3.99. The molecule has 0 radical (unpaired) electrons. The Hall–Kier alpha value is -3.05. The standard InChI is InChI=1S/C19H17FN2OS2.C4H4O4/c20-18-16(7-4-8-21-18)17-9-15(12-22-10-13(23)11-22)25-19(17)24-14-5-2-1-3-6-14;5-3(6)1-2-4(7)8/h1-9,13,23H,10-12H2;1-2H,(H,5,6)(H,7,8). The van der Waals surface area contributed by atoms with Gasteiger partial charge in [-0.3, -0.25) is 4.90 Å². The highest BCUT2D eigenvalue weighted by Crippen LogP contribution is 2.43. The number of β-amino-alcohol motifs (C(OH)–C–C–N with tert-alkyl or cyclic N) is 1. The van der Waals surface area contributed by atoms with Crippen LogP contribution in [-0.4, -0.2) is 56.3 Å². The maximum absolute atomic E-state index is 14.2. The zero-order valence-corrected chi connectivity index (χ0v) is 18.9. The van der Waals surface area contributed by atoms with Gasteiger partial charge in [-0.2, -0.15) is 4.39 Å². The van der Waals surface area contributed by atoms with Crippen LogP contribution in [0.2, 0.25) is 0 Å². The number of aromatic nitrogens is 1. The zero-order chi connectivity index (χ0) is 23.8. The fraction of sp³-hybridized carbons (Fsp3) is 0.174. The van der Waals surface area contributed by atoms with E-state index in [2.05, 4.69) is 28.1 Å². The first-order valence-corrected chi connectivity index (χ1v) is 11.5. The van der Waals surface area contributed by atoms with E-state index >= 15 is 0 Å². The number of carboxylic acid groups (broad SMARTS) is 2. The van der Waals surface area contributed by atoms with Crippen LogP contribution in [0.5, 0.6) is 0 Å². The van der Waals surface area contributed by atoms with E-state index in [-0.39, 0.29) is 6.10 Å². The van der Waals surface area contributed by atoms with Crippen molar-refractivity contribution in [2.24, 2.45) is 0 Å². The fourth-order valence-electron chi connectivity index (χ4n) is 2.98. The normalized spacial score (nSPS) is 13.9. The van der Waals surface area contributed by atoms with Crippen LogP contribution >= 0.6 is 23.1 Å². The molecule has 172 valence electrons. The lowest BCUT2D eigenvalue weighted by Crippen LogP contribution is -2.49. The van der Waals surface area contributed by atoms with Crippen molar-refractivity contribution in [1.82, 2.24) is 9.88 Å². The molecule has 1 aliphatic rings. The molecule has 0 spiro atoms. The molecule has 0 bridgehead atoms. The first-order valence-electron chi connectivity index (χ1n) is 9.82. The molecule has 7 nitrogen and oxygen atoms in total. The largest absolute Gasteiger partial charge is 0.478 e. The Morgan fingerprint density at radius 2 is 1.76 bits per heavy atom. The van der Waals surface area contributed by atoms with Gasteiger partial charge in [0, 0.05) is 58.9 Å². The Kier molecular flexibility index (Phi) is 8.72. The van der Waals surface area contributed by atoms with Crippen LogP contribution in [0.15, 0.2) is 76.0 Å². The minimum absolute atomic E-state index is 0.214. The number of aliphatic carboxylic acids is 2. The lowest BCUT2D eigenvalue weighted by atomic mass is 10.1. The number of nitrogens with zero attached hydrogens (tertiary/aromatic N) is 2. The van der Waals surface area contributed by atoms with E-state index in [1.807, 2.05) is 18.2 Å². The number of aliphatic hydroxyl groups excluding tert-OH is 1. The molecule has 0 amide bonds. The van der Waals surface area contributed by atoms with E-state index in [0.717, 1.165) is 21.2 Å². The second-order valence-corrected chi connectivity index (χ2v) is 9.51. The maximum atomic E-state index is 14.2. The van der Waals surface area contributed by atoms with Gasteiger partial charge >= 0.3 is 11.9 Å². The van der Waals surface area contributed by atoms with Crippen molar-refractivity contribution in [2.45, 2.75) is 21.8 Å². The van der Waals surface area contributed by atoms with Crippen molar-refractivity contribution in [3.63, 3.8) is 0 Å². The molecule has 3 aromatic rings. The zero-order valence-electron chi connectivity index (χ0n) is 17.3. The summed E-state index contributed by atoms with van der Waals surface area (Å²) in [6.45, 7) is 2.19. The van der Waals surface area contributed by atoms with E-state index in [1.165, 1.54) is 11.1 Å². The van der Waals surface area contributed by atoms with Crippen LogP contribution in [0, 0.1) is 5.95 Å². The van der Waals surface area contributed by atoms with E-state index in [1.54, 1.807) is 35.2 Å². The molecule has 33 heavy (non-hydrogen) atoms. The van der Waals surface area contributed by atoms with Gasteiger partial charge in [-0.15, -0.1) is 11.3 Å². The molecule has 3 heterocycles. The predicted molar refractivity (Wildman–Crippen MR) is 124 cm³/mol. The van der Waals surface area contributed by atoms with Crippen LogP contribution in [0.1, 0.15) is 4.88 Å². The van der Waals surface area contributed by atoms with Gasteiger partial charge in [-0.1, -0.05) is 30.0 Å². The molecule has 0 saturated carbocycles. The number of hydrogen-bond acceptors (Lipinski definition) is 7. The highest BCUT2D eigenvalue weighted by molar-refractivity contribution is 8.01. The minimum atomic E-state index is -1.26. The Morgan fingerprint density at radius 3 is 2.33 bits per heavy atom. The number of hydrogen-bond donors (Lipinski definition) is 3. The summed E-state index contributed by atoms with van der Waals surface area (Å²) >= 11 is 3.33. The smallest absolute Gasteiger partial charge is 0.328 e. The number of carbonyl (C=O) groups is 2. The highest BCUT2D eigenvalue weighted by atomic mass is 32.2. The van der Waals surface area contributed by atoms with E-state index in [4.69, 9.17) is 10.2 Å². The van der Waals surface area contributed by atoms with E-state index in [9.17, 15) is 19.1 Å². The van der Waals surface area contributed by atoms with Crippen LogP contribution in [0.25, 0.3) is 11.1 Å². The molecule has 0 unspecified atom stereocenters. The maximum Gasteiger partial charge on any atom is 0.328 e. The van der Waals surface area contributed by atoms with Crippen molar-refractivity contribution in [3.8, 4) is 11.1 Å². The third-order valence-electron chi connectivity index (χ3n) is 4.44. The summed E-state index contributed by atoms with van der Waals surface area (Å²) in [6.07, 6.45) is 2.37. The second kappa shape index (κ2) is 11.7. The third-order valence-corrected chi connectivity index (χ3v) is 6.77. The molecule has 1 aromatic carbocycles.